The number of aromatic nitrogens is 6. The van der Waals surface area contributed by atoms with Crippen LogP contribution in [-0.4, -0.2) is 46.9 Å². The third kappa shape index (κ3) is 6.84. The third-order valence-electron chi connectivity index (χ3n) is 7.84. The van der Waals surface area contributed by atoms with Crippen molar-refractivity contribution in [1.29, 1.82) is 0 Å². The van der Waals surface area contributed by atoms with Crippen molar-refractivity contribution in [2.75, 3.05) is 12.3 Å². The van der Waals surface area contributed by atoms with Crippen LogP contribution in [-0.2, 0) is 17.9 Å². The number of halogens is 1. The zero-order valence-electron chi connectivity index (χ0n) is 26.3. The van der Waals surface area contributed by atoms with Crippen LogP contribution in [0, 0.1) is 11.8 Å². The topological polar surface area (TPSA) is 154 Å². The molecule has 4 N–H and O–H groups in total. The Kier molecular flexibility index (Phi) is 9.64. The summed E-state index contributed by atoms with van der Waals surface area (Å²) in [6.07, 6.45) is 3.77. The molecule has 3 aromatic heterocycles. The first kappa shape index (κ1) is 32.2. The lowest BCUT2D eigenvalue weighted by molar-refractivity contribution is -0.121. The normalized spacial score (nSPS) is 11.0. The van der Waals surface area contributed by atoms with Gasteiger partial charge in [0.15, 0.2) is 5.65 Å². The van der Waals surface area contributed by atoms with Crippen molar-refractivity contribution in [2.24, 2.45) is 0 Å². The number of nitrogen functional groups attached to an aromatic ring is 1. The van der Waals surface area contributed by atoms with Crippen LogP contribution < -0.4 is 16.6 Å². The van der Waals surface area contributed by atoms with Crippen LogP contribution in [0.1, 0.15) is 49.6 Å². The van der Waals surface area contributed by atoms with E-state index >= 15 is 0 Å². The van der Waals surface area contributed by atoms with Gasteiger partial charge < -0.3 is 16.2 Å². The molecule has 0 aliphatic heterocycles. The highest BCUT2D eigenvalue weighted by Gasteiger charge is 2.21. The average Bonchev–Trinajstić information content (AvgIpc) is 3.45. The fourth-order valence-electron chi connectivity index (χ4n) is 5.44. The van der Waals surface area contributed by atoms with E-state index in [0.29, 0.717) is 75.4 Å². The maximum atomic E-state index is 14.4. The Bertz CT molecular complexity index is 2250. The Morgan fingerprint density at radius 1 is 1.02 bits per heavy atom. The SMILES string of the molecule is CCCNC(=O)CCCC#Cc1cccc2nc(Cn3nc(-c4ccc(O)cc4)c4c(N)ncnc43)n(Cc3ccccc3Cl)c(=O)c12. The maximum absolute atomic E-state index is 14.4. The number of fused-ring (bicyclic) bond motifs is 2. The number of rotatable bonds is 10. The molecule has 0 aliphatic rings. The number of carbonyl (C=O) groups excluding carboxylic acids is 1. The monoisotopic (exact) mass is 660 g/mol. The van der Waals surface area contributed by atoms with E-state index in [1.165, 1.54) is 6.33 Å². The molecule has 0 spiro atoms. The number of amides is 1. The second-order valence-electron chi connectivity index (χ2n) is 11.2. The Morgan fingerprint density at radius 3 is 2.62 bits per heavy atom. The van der Waals surface area contributed by atoms with Gasteiger partial charge in [-0.25, -0.2) is 19.6 Å². The number of unbranched alkanes of at least 4 members (excludes halogenated alkanes) is 1. The number of nitrogens with two attached hydrogens (primary N) is 1. The molecule has 48 heavy (non-hydrogen) atoms. The van der Waals surface area contributed by atoms with Crippen LogP contribution in [0.25, 0.3) is 33.2 Å². The predicted molar refractivity (Wildman–Crippen MR) is 187 cm³/mol. The fourth-order valence-corrected chi connectivity index (χ4v) is 5.63. The van der Waals surface area contributed by atoms with Gasteiger partial charge in [0.05, 0.1) is 22.8 Å². The standard InChI is InChI=1S/C36H33ClN8O3/c1-2-19-39-30(47)14-5-3-4-9-23-11-8-13-28-31(23)36(48)44(20-25-10-6-7-12-27(25)37)29(42-28)21-45-35-32(34(38)40-22-41-35)33(43-45)24-15-17-26(46)18-16-24/h6-8,10-13,15-18,22,46H,2-3,5,14,19-21H2,1H3,(H,39,47)(H2,38,40,41). The number of hydrogen-bond donors (Lipinski definition) is 3. The lowest BCUT2D eigenvalue weighted by atomic mass is 10.1. The number of carbonyl (C=O) groups is 1. The van der Waals surface area contributed by atoms with Crippen molar-refractivity contribution in [2.45, 2.75) is 45.7 Å². The molecule has 0 saturated heterocycles. The molecule has 12 heteroatoms. The molecule has 6 aromatic rings. The van der Waals surface area contributed by atoms with E-state index < -0.39 is 0 Å². The smallest absolute Gasteiger partial charge is 0.263 e. The summed E-state index contributed by atoms with van der Waals surface area (Å²) in [7, 11) is 0. The number of nitrogens with one attached hydrogen (secondary N) is 1. The molecule has 0 bridgehead atoms. The summed E-state index contributed by atoms with van der Waals surface area (Å²) in [5.41, 5.74) is 9.54. The third-order valence-corrected chi connectivity index (χ3v) is 8.21. The van der Waals surface area contributed by atoms with Gasteiger partial charge >= 0.3 is 0 Å². The Balaban J connectivity index is 1.43. The number of benzene rings is 3. The number of phenolic OH excluding ortho intramolecular Hbond substituents is 1. The van der Waals surface area contributed by atoms with Crippen molar-refractivity contribution >= 4 is 45.3 Å². The molecule has 0 fully saturated rings. The van der Waals surface area contributed by atoms with E-state index in [9.17, 15) is 14.7 Å². The summed E-state index contributed by atoms with van der Waals surface area (Å²) in [5.74, 6) is 7.08. The molecule has 0 atom stereocenters. The zero-order chi connectivity index (χ0) is 33.6. The number of hydrogen-bond acceptors (Lipinski definition) is 8. The largest absolute Gasteiger partial charge is 0.508 e. The van der Waals surface area contributed by atoms with Gasteiger partial charge in [-0.3, -0.25) is 14.2 Å². The van der Waals surface area contributed by atoms with E-state index in [0.717, 1.165) is 12.0 Å². The lowest BCUT2D eigenvalue weighted by Crippen LogP contribution is -2.28. The fraction of sp³-hybridized carbons (Fsp3) is 0.222. The summed E-state index contributed by atoms with van der Waals surface area (Å²) in [6.45, 7) is 2.91. The van der Waals surface area contributed by atoms with E-state index in [-0.39, 0.29) is 36.1 Å². The number of nitrogens with zero attached hydrogens (tertiary/aromatic N) is 6. The van der Waals surface area contributed by atoms with Crippen LogP contribution in [0.4, 0.5) is 5.82 Å². The molecule has 0 aliphatic carbocycles. The van der Waals surface area contributed by atoms with Gasteiger partial charge in [0.25, 0.3) is 5.56 Å². The first-order valence-electron chi connectivity index (χ1n) is 15.6. The summed E-state index contributed by atoms with van der Waals surface area (Å²) >= 11 is 6.56. The number of aromatic hydroxyl groups is 1. The van der Waals surface area contributed by atoms with Gasteiger partial charge in [-0.1, -0.05) is 54.6 Å². The van der Waals surface area contributed by atoms with Crippen LogP contribution in [0.15, 0.2) is 77.9 Å². The predicted octanol–water partition coefficient (Wildman–Crippen LogP) is 5.29. The van der Waals surface area contributed by atoms with Crippen molar-refractivity contribution < 1.29 is 9.90 Å². The summed E-state index contributed by atoms with van der Waals surface area (Å²) < 4.78 is 3.23. The molecular formula is C36H33ClN8O3. The van der Waals surface area contributed by atoms with E-state index in [1.807, 2.05) is 31.2 Å². The Hall–Kier alpha value is -5.73. The average molecular weight is 661 g/mol. The minimum Gasteiger partial charge on any atom is -0.508 e. The van der Waals surface area contributed by atoms with E-state index in [2.05, 4.69) is 27.1 Å². The molecule has 11 nitrogen and oxygen atoms in total. The van der Waals surface area contributed by atoms with Crippen LogP contribution >= 0.6 is 11.6 Å². The van der Waals surface area contributed by atoms with Crippen molar-refractivity contribution in [3.8, 4) is 28.8 Å². The van der Waals surface area contributed by atoms with Gasteiger partial charge in [0.2, 0.25) is 5.91 Å². The highest BCUT2D eigenvalue weighted by molar-refractivity contribution is 6.31. The molecule has 3 aromatic carbocycles. The van der Waals surface area contributed by atoms with Gasteiger partial charge in [-0.2, -0.15) is 5.10 Å². The summed E-state index contributed by atoms with van der Waals surface area (Å²) in [5, 5.41) is 19.0. The van der Waals surface area contributed by atoms with Crippen LogP contribution in [0.2, 0.25) is 5.02 Å². The second-order valence-corrected chi connectivity index (χ2v) is 11.6. The zero-order valence-corrected chi connectivity index (χ0v) is 27.0. The minimum atomic E-state index is -0.275. The summed E-state index contributed by atoms with van der Waals surface area (Å²) in [4.78, 5) is 40.0. The van der Waals surface area contributed by atoms with E-state index in [1.54, 1.807) is 51.7 Å². The first-order valence-corrected chi connectivity index (χ1v) is 16.0. The highest BCUT2D eigenvalue weighted by atomic mass is 35.5. The molecule has 0 saturated carbocycles. The van der Waals surface area contributed by atoms with Crippen molar-refractivity contribution in [3.63, 3.8) is 0 Å². The maximum Gasteiger partial charge on any atom is 0.263 e. The highest BCUT2D eigenvalue weighted by Crippen LogP contribution is 2.31. The van der Waals surface area contributed by atoms with Crippen molar-refractivity contribution in [1.82, 2.24) is 34.6 Å². The van der Waals surface area contributed by atoms with Gasteiger partial charge in [-0.05, 0) is 60.9 Å². The van der Waals surface area contributed by atoms with E-state index in [4.69, 9.17) is 27.4 Å². The first-order chi connectivity index (χ1) is 23.3. The molecule has 0 radical (unpaired) electrons. The lowest BCUT2D eigenvalue weighted by Gasteiger charge is -2.15. The number of phenols is 1. The van der Waals surface area contributed by atoms with Gasteiger partial charge in [0, 0.05) is 35.5 Å². The van der Waals surface area contributed by atoms with Gasteiger partial charge in [0.1, 0.15) is 36.0 Å². The molecule has 6 rings (SSSR count). The molecular weight excluding hydrogens is 628 g/mol. The quantitative estimate of drug-likeness (QED) is 0.132. The molecule has 0 unspecified atom stereocenters. The second kappa shape index (κ2) is 14.4. The van der Waals surface area contributed by atoms with Crippen LogP contribution in [0.3, 0.4) is 0 Å². The minimum absolute atomic E-state index is 0.0114. The van der Waals surface area contributed by atoms with Crippen LogP contribution in [0.5, 0.6) is 5.75 Å². The Labute approximate surface area is 281 Å². The van der Waals surface area contributed by atoms with Gasteiger partial charge in [-0.15, -0.1) is 0 Å². The summed E-state index contributed by atoms with van der Waals surface area (Å²) in [6, 6.07) is 19.4. The van der Waals surface area contributed by atoms with Crippen molar-refractivity contribution in [3.05, 3.63) is 105 Å². The Morgan fingerprint density at radius 2 is 1.83 bits per heavy atom. The molecule has 3 heterocycles. The number of anilines is 1. The molecule has 242 valence electrons. The molecule has 1 amide bonds.